The van der Waals surface area contributed by atoms with Gasteiger partial charge in [-0.3, -0.25) is 8.98 Å². The van der Waals surface area contributed by atoms with Gasteiger partial charge < -0.3 is 15.2 Å². The number of carbonyl (C=O) groups is 1. The standard InChI is InChI=1S/C22H25IN4O6S2/c1-2-15(11-33-35(24,30)31)18(28)9-26-22-16(8-25-13-27-22)21(29)20-7-14(12-34-20)10-32-19-6-4-3-5-17(19)23/h3-8,12-13,15,18,28H,2,9-11H2,1H3,(H2,24,30,31)(H,25,26,27)/t15-,18+/m1/s1. The molecule has 0 unspecified atom stereocenters. The molecule has 2 heterocycles. The molecule has 0 radical (unpaired) electrons. The Labute approximate surface area is 221 Å². The summed E-state index contributed by atoms with van der Waals surface area (Å²) in [6.45, 7) is 1.88. The number of halogens is 1. The van der Waals surface area contributed by atoms with E-state index in [1.165, 1.54) is 23.9 Å². The number of para-hydroxylation sites is 1. The van der Waals surface area contributed by atoms with Crippen molar-refractivity contribution in [2.75, 3.05) is 18.5 Å². The van der Waals surface area contributed by atoms with E-state index in [0.29, 0.717) is 17.9 Å². The number of anilines is 1. The van der Waals surface area contributed by atoms with Gasteiger partial charge in [-0.25, -0.2) is 15.1 Å². The molecule has 0 amide bonds. The number of nitrogens with two attached hydrogens (primary N) is 1. The minimum atomic E-state index is -4.10. The van der Waals surface area contributed by atoms with E-state index < -0.39 is 22.3 Å². The Morgan fingerprint density at radius 1 is 1.34 bits per heavy atom. The quantitative estimate of drug-likeness (QED) is 0.191. The van der Waals surface area contributed by atoms with Gasteiger partial charge in [-0.05, 0) is 52.6 Å². The lowest BCUT2D eigenvalue weighted by Gasteiger charge is -2.21. The van der Waals surface area contributed by atoms with Gasteiger partial charge >= 0.3 is 10.3 Å². The highest BCUT2D eigenvalue weighted by atomic mass is 127. The third-order valence-corrected chi connectivity index (χ3v) is 7.39. The van der Waals surface area contributed by atoms with Gasteiger partial charge in [0.2, 0.25) is 5.78 Å². The zero-order chi connectivity index (χ0) is 25.4. The number of carbonyl (C=O) groups excluding carboxylic acids is 1. The summed E-state index contributed by atoms with van der Waals surface area (Å²) < 4.78 is 33.5. The van der Waals surface area contributed by atoms with Gasteiger partial charge in [0.15, 0.2) is 0 Å². The van der Waals surface area contributed by atoms with Crippen molar-refractivity contribution in [2.24, 2.45) is 11.1 Å². The number of aliphatic hydroxyl groups excluding tert-OH is 1. The number of thiophene rings is 1. The van der Waals surface area contributed by atoms with Crippen LogP contribution in [0.1, 0.15) is 34.1 Å². The Balaban J connectivity index is 1.64. The number of benzene rings is 1. The van der Waals surface area contributed by atoms with Gasteiger partial charge in [0.25, 0.3) is 0 Å². The molecule has 0 aliphatic carbocycles. The monoisotopic (exact) mass is 632 g/mol. The largest absolute Gasteiger partial charge is 0.488 e. The van der Waals surface area contributed by atoms with Crippen molar-refractivity contribution in [3.05, 3.63) is 67.8 Å². The SMILES string of the molecule is CC[C@H](COS(N)(=O)=O)[C@@H](O)CNc1ncncc1C(=O)c1cc(COc2ccccc2I)cs1. The number of nitrogens with one attached hydrogen (secondary N) is 1. The lowest BCUT2D eigenvalue weighted by molar-refractivity contribution is 0.0839. The maximum absolute atomic E-state index is 13.1. The van der Waals surface area contributed by atoms with Crippen LogP contribution in [-0.2, 0) is 21.1 Å². The summed E-state index contributed by atoms with van der Waals surface area (Å²) in [4.78, 5) is 21.7. The molecule has 3 rings (SSSR count). The van der Waals surface area contributed by atoms with Gasteiger partial charge in [0, 0.05) is 24.2 Å². The van der Waals surface area contributed by atoms with E-state index in [4.69, 9.17) is 9.88 Å². The smallest absolute Gasteiger partial charge is 0.333 e. The summed E-state index contributed by atoms with van der Waals surface area (Å²) >= 11 is 3.50. The molecular formula is C22H25IN4O6S2. The Bertz CT molecular complexity index is 1250. The number of nitrogens with zero attached hydrogens (tertiary/aromatic N) is 2. The highest BCUT2D eigenvalue weighted by Crippen LogP contribution is 2.25. The zero-order valence-corrected chi connectivity index (χ0v) is 22.5. The molecule has 0 bridgehead atoms. The second kappa shape index (κ2) is 12.7. The fourth-order valence-electron chi connectivity index (χ4n) is 3.11. The number of ketones is 1. The van der Waals surface area contributed by atoms with Crippen LogP contribution >= 0.6 is 33.9 Å². The average Bonchev–Trinajstić information content (AvgIpc) is 3.31. The van der Waals surface area contributed by atoms with E-state index in [-0.39, 0.29) is 30.3 Å². The van der Waals surface area contributed by atoms with E-state index in [0.717, 1.165) is 14.9 Å². The Morgan fingerprint density at radius 2 is 2.11 bits per heavy atom. The number of hydrogen-bond donors (Lipinski definition) is 3. The first-order valence-corrected chi connectivity index (χ1v) is 14.0. The molecule has 10 nitrogen and oxygen atoms in total. The summed E-state index contributed by atoms with van der Waals surface area (Å²) in [5.41, 5.74) is 1.11. The zero-order valence-electron chi connectivity index (χ0n) is 18.8. The Morgan fingerprint density at radius 3 is 2.83 bits per heavy atom. The average molecular weight is 633 g/mol. The molecule has 0 saturated carbocycles. The third-order valence-electron chi connectivity index (χ3n) is 5.06. The second-order valence-corrected chi connectivity index (χ2v) is 10.8. The number of aliphatic hydroxyl groups is 1. The Kier molecular flexibility index (Phi) is 9.94. The van der Waals surface area contributed by atoms with Crippen LogP contribution in [0.15, 0.2) is 48.2 Å². The van der Waals surface area contributed by atoms with Crippen molar-refractivity contribution < 1.29 is 27.2 Å². The lowest BCUT2D eigenvalue weighted by atomic mass is 10.0. The summed E-state index contributed by atoms with van der Waals surface area (Å²) in [5.74, 6) is 0.275. The van der Waals surface area contributed by atoms with Crippen molar-refractivity contribution in [3.63, 3.8) is 0 Å². The van der Waals surface area contributed by atoms with E-state index in [1.807, 2.05) is 29.6 Å². The molecule has 3 aromatic rings. The topological polar surface area (TPSA) is 154 Å². The van der Waals surface area contributed by atoms with Crippen molar-refractivity contribution >= 4 is 55.8 Å². The molecule has 2 aromatic heterocycles. The molecule has 35 heavy (non-hydrogen) atoms. The minimum Gasteiger partial charge on any atom is -0.488 e. The molecule has 0 fully saturated rings. The predicted molar refractivity (Wildman–Crippen MR) is 141 cm³/mol. The van der Waals surface area contributed by atoms with Crippen molar-refractivity contribution in [1.82, 2.24) is 9.97 Å². The molecule has 13 heteroatoms. The van der Waals surface area contributed by atoms with E-state index in [2.05, 4.69) is 42.1 Å². The maximum atomic E-state index is 13.1. The van der Waals surface area contributed by atoms with Crippen molar-refractivity contribution in [1.29, 1.82) is 0 Å². The van der Waals surface area contributed by atoms with E-state index in [1.54, 1.807) is 13.0 Å². The first-order chi connectivity index (χ1) is 16.7. The normalized spacial score (nSPS) is 13.3. The maximum Gasteiger partial charge on any atom is 0.333 e. The van der Waals surface area contributed by atoms with Gasteiger partial charge in [0.05, 0.1) is 26.7 Å². The van der Waals surface area contributed by atoms with Crippen LogP contribution in [0, 0.1) is 9.49 Å². The number of aromatic nitrogens is 2. The molecule has 2 atom stereocenters. The summed E-state index contributed by atoms with van der Waals surface area (Å²) in [6, 6.07) is 9.44. The van der Waals surface area contributed by atoms with E-state index >= 15 is 0 Å². The molecule has 1 aromatic carbocycles. The summed E-state index contributed by atoms with van der Waals surface area (Å²) in [7, 11) is -4.10. The summed E-state index contributed by atoms with van der Waals surface area (Å²) in [6.07, 6.45) is 2.19. The van der Waals surface area contributed by atoms with Crippen LogP contribution in [0.25, 0.3) is 0 Å². The van der Waals surface area contributed by atoms with Crippen LogP contribution in [-0.4, -0.2) is 48.5 Å². The van der Waals surface area contributed by atoms with Crippen molar-refractivity contribution in [2.45, 2.75) is 26.1 Å². The van der Waals surface area contributed by atoms with Crippen LogP contribution in [0.3, 0.4) is 0 Å². The number of ether oxygens (including phenoxy) is 1. The van der Waals surface area contributed by atoms with E-state index in [9.17, 15) is 18.3 Å². The highest BCUT2D eigenvalue weighted by molar-refractivity contribution is 14.1. The van der Waals surface area contributed by atoms with Crippen LogP contribution in [0.5, 0.6) is 5.75 Å². The number of rotatable bonds is 13. The summed E-state index contributed by atoms with van der Waals surface area (Å²) in [5, 5.41) is 20.1. The second-order valence-electron chi connectivity index (χ2n) is 7.55. The Hall–Kier alpha value is -2.17. The molecular weight excluding hydrogens is 607 g/mol. The highest BCUT2D eigenvalue weighted by Gasteiger charge is 2.22. The van der Waals surface area contributed by atoms with Gasteiger partial charge in [-0.1, -0.05) is 19.1 Å². The third kappa shape index (κ3) is 8.18. The number of hydrogen-bond acceptors (Lipinski definition) is 10. The van der Waals surface area contributed by atoms with Crippen LogP contribution in [0.4, 0.5) is 5.82 Å². The minimum absolute atomic E-state index is 0.0169. The van der Waals surface area contributed by atoms with Crippen LogP contribution in [0.2, 0.25) is 0 Å². The van der Waals surface area contributed by atoms with Gasteiger partial charge in [-0.15, -0.1) is 11.3 Å². The first kappa shape index (κ1) is 27.4. The molecule has 188 valence electrons. The molecule has 4 N–H and O–H groups in total. The molecule has 0 aliphatic heterocycles. The molecule has 0 spiro atoms. The van der Waals surface area contributed by atoms with Gasteiger partial charge in [-0.2, -0.15) is 8.42 Å². The fraction of sp³-hybridized carbons (Fsp3) is 0.318. The van der Waals surface area contributed by atoms with Gasteiger partial charge in [0.1, 0.15) is 24.5 Å². The van der Waals surface area contributed by atoms with Crippen molar-refractivity contribution in [3.8, 4) is 5.75 Å². The predicted octanol–water partition coefficient (Wildman–Crippen LogP) is 2.97. The molecule has 0 saturated heterocycles. The first-order valence-electron chi connectivity index (χ1n) is 10.6. The van der Waals surface area contributed by atoms with Crippen LogP contribution < -0.4 is 15.2 Å². The fourth-order valence-corrected chi connectivity index (χ4v) is 4.87. The molecule has 0 aliphatic rings. The lowest BCUT2D eigenvalue weighted by Crippen LogP contribution is -2.33.